The molecule has 2 aliphatic heterocycles. The Morgan fingerprint density at radius 3 is 2.38 bits per heavy atom. The molecule has 2 N–H and O–H groups in total. The standard InChI is InChI=1S/C21H38N8/c1-2-22-20(24-11-15-27-12-4-3-5-13-27)23-10-7-14-28-16-18-29(19-17-28)21-25-8-6-9-26-21/h6,8-9H,2-5,7,10-19H2,1H3,(H2,22,23,24). The van der Waals surface area contributed by atoms with Gasteiger partial charge in [-0.2, -0.15) is 0 Å². The van der Waals surface area contributed by atoms with Crippen LogP contribution in [0.15, 0.2) is 23.5 Å². The van der Waals surface area contributed by atoms with E-state index in [0.29, 0.717) is 0 Å². The van der Waals surface area contributed by atoms with Gasteiger partial charge in [-0.1, -0.05) is 6.42 Å². The predicted octanol–water partition coefficient (Wildman–Crippen LogP) is 1.03. The molecule has 3 rings (SSSR count). The Morgan fingerprint density at radius 1 is 0.931 bits per heavy atom. The summed E-state index contributed by atoms with van der Waals surface area (Å²) in [6.45, 7) is 13.7. The molecule has 1 aromatic heterocycles. The summed E-state index contributed by atoms with van der Waals surface area (Å²) in [4.78, 5) is 20.8. The molecule has 1 aromatic rings. The highest BCUT2D eigenvalue weighted by Crippen LogP contribution is 2.10. The summed E-state index contributed by atoms with van der Waals surface area (Å²) in [6, 6.07) is 1.87. The molecule has 2 aliphatic rings. The molecule has 2 saturated heterocycles. The zero-order valence-electron chi connectivity index (χ0n) is 18.0. The highest BCUT2D eigenvalue weighted by Gasteiger charge is 2.18. The number of likely N-dealkylation sites (tertiary alicyclic amines) is 1. The molecule has 0 amide bonds. The minimum Gasteiger partial charge on any atom is -0.357 e. The highest BCUT2D eigenvalue weighted by atomic mass is 15.3. The first kappa shape index (κ1) is 21.8. The Bertz CT molecular complexity index is 580. The van der Waals surface area contributed by atoms with Crippen LogP contribution >= 0.6 is 0 Å². The van der Waals surface area contributed by atoms with Gasteiger partial charge in [-0.3, -0.25) is 9.89 Å². The molecule has 0 spiro atoms. The highest BCUT2D eigenvalue weighted by molar-refractivity contribution is 5.79. The number of aliphatic imine (C=N–C) groups is 1. The number of piperazine rings is 1. The quantitative estimate of drug-likeness (QED) is 0.363. The van der Waals surface area contributed by atoms with Crippen LogP contribution in [0.4, 0.5) is 5.95 Å². The van der Waals surface area contributed by atoms with Gasteiger partial charge in [0.25, 0.3) is 0 Å². The van der Waals surface area contributed by atoms with Gasteiger partial charge in [0.05, 0.1) is 0 Å². The fraction of sp³-hybridized carbons (Fsp3) is 0.762. The topological polar surface area (TPSA) is 71.9 Å². The Balaban J connectivity index is 1.30. The maximum Gasteiger partial charge on any atom is 0.225 e. The maximum atomic E-state index is 4.76. The van der Waals surface area contributed by atoms with E-state index in [-0.39, 0.29) is 0 Å². The van der Waals surface area contributed by atoms with Crippen molar-refractivity contribution in [2.45, 2.75) is 32.6 Å². The number of aromatic nitrogens is 2. The van der Waals surface area contributed by atoms with Gasteiger partial charge in [0.15, 0.2) is 5.96 Å². The number of nitrogens with one attached hydrogen (secondary N) is 2. The first-order valence-corrected chi connectivity index (χ1v) is 11.3. The molecule has 0 unspecified atom stereocenters. The average molecular weight is 403 g/mol. The largest absolute Gasteiger partial charge is 0.357 e. The van der Waals surface area contributed by atoms with Gasteiger partial charge in [0.2, 0.25) is 5.95 Å². The van der Waals surface area contributed by atoms with Crippen molar-refractivity contribution >= 4 is 11.9 Å². The number of guanidine groups is 1. The Morgan fingerprint density at radius 2 is 1.66 bits per heavy atom. The first-order valence-electron chi connectivity index (χ1n) is 11.3. The van der Waals surface area contributed by atoms with E-state index in [4.69, 9.17) is 4.99 Å². The third-order valence-electron chi connectivity index (χ3n) is 5.62. The van der Waals surface area contributed by atoms with Gasteiger partial charge < -0.3 is 20.4 Å². The molecule has 8 nitrogen and oxygen atoms in total. The summed E-state index contributed by atoms with van der Waals surface area (Å²) < 4.78 is 0. The van der Waals surface area contributed by atoms with Crippen LogP contribution in [0.5, 0.6) is 0 Å². The molecule has 29 heavy (non-hydrogen) atoms. The van der Waals surface area contributed by atoms with E-state index in [2.05, 4.69) is 42.2 Å². The van der Waals surface area contributed by atoms with Crippen LogP contribution in [0.25, 0.3) is 0 Å². The lowest BCUT2D eigenvalue weighted by Gasteiger charge is -2.34. The van der Waals surface area contributed by atoms with E-state index in [9.17, 15) is 0 Å². The van der Waals surface area contributed by atoms with Gasteiger partial charge in [-0.05, 0) is 45.3 Å². The van der Waals surface area contributed by atoms with Crippen LogP contribution in [0.3, 0.4) is 0 Å². The fourth-order valence-corrected chi connectivity index (χ4v) is 3.97. The molecular formula is C21H38N8. The molecule has 8 heteroatoms. The second-order valence-corrected chi connectivity index (χ2v) is 7.82. The van der Waals surface area contributed by atoms with Crippen LogP contribution in [0.1, 0.15) is 32.6 Å². The van der Waals surface area contributed by atoms with E-state index >= 15 is 0 Å². The van der Waals surface area contributed by atoms with Gasteiger partial charge in [0.1, 0.15) is 0 Å². The molecule has 0 aliphatic carbocycles. The van der Waals surface area contributed by atoms with Crippen molar-refractivity contribution in [3.63, 3.8) is 0 Å². The zero-order chi connectivity index (χ0) is 20.2. The number of rotatable bonds is 9. The molecule has 0 radical (unpaired) electrons. The van der Waals surface area contributed by atoms with Crippen LogP contribution in [0, 0.1) is 0 Å². The van der Waals surface area contributed by atoms with E-state index in [1.54, 1.807) is 0 Å². The molecule has 0 aromatic carbocycles. The number of hydrogen-bond acceptors (Lipinski definition) is 6. The van der Waals surface area contributed by atoms with Gasteiger partial charge >= 0.3 is 0 Å². The molecule has 0 atom stereocenters. The van der Waals surface area contributed by atoms with Crippen molar-refractivity contribution in [2.75, 3.05) is 76.9 Å². The first-order chi connectivity index (χ1) is 14.3. The van der Waals surface area contributed by atoms with Crippen molar-refractivity contribution < 1.29 is 0 Å². The van der Waals surface area contributed by atoms with Crippen molar-refractivity contribution in [1.29, 1.82) is 0 Å². The van der Waals surface area contributed by atoms with E-state index in [1.165, 1.54) is 32.4 Å². The second-order valence-electron chi connectivity index (χ2n) is 7.82. The predicted molar refractivity (Wildman–Crippen MR) is 120 cm³/mol. The van der Waals surface area contributed by atoms with Crippen molar-refractivity contribution in [2.24, 2.45) is 4.99 Å². The number of anilines is 1. The van der Waals surface area contributed by atoms with Gasteiger partial charge in [0, 0.05) is 71.3 Å². The number of piperidine rings is 1. The fourth-order valence-electron chi connectivity index (χ4n) is 3.97. The van der Waals surface area contributed by atoms with Crippen molar-refractivity contribution in [3.05, 3.63) is 18.5 Å². The van der Waals surface area contributed by atoms with Crippen LogP contribution in [-0.4, -0.2) is 97.7 Å². The lowest BCUT2D eigenvalue weighted by atomic mass is 10.1. The SMILES string of the molecule is CCNC(=NCCCN1CCN(c2ncccn2)CC1)NCCN1CCCCC1. The van der Waals surface area contributed by atoms with Crippen LogP contribution in [0.2, 0.25) is 0 Å². The number of hydrogen-bond donors (Lipinski definition) is 2. The van der Waals surface area contributed by atoms with Gasteiger partial charge in [-0.25, -0.2) is 9.97 Å². The monoisotopic (exact) mass is 402 g/mol. The smallest absolute Gasteiger partial charge is 0.225 e. The zero-order valence-corrected chi connectivity index (χ0v) is 18.0. The molecule has 0 saturated carbocycles. The summed E-state index contributed by atoms with van der Waals surface area (Å²) >= 11 is 0. The summed E-state index contributed by atoms with van der Waals surface area (Å²) in [5.41, 5.74) is 0. The van der Waals surface area contributed by atoms with E-state index in [0.717, 1.165) is 77.2 Å². The lowest BCUT2D eigenvalue weighted by Crippen LogP contribution is -2.47. The minimum atomic E-state index is 0.850. The minimum absolute atomic E-state index is 0.850. The van der Waals surface area contributed by atoms with Crippen LogP contribution < -0.4 is 15.5 Å². The van der Waals surface area contributed by atoms with Crippen molar-refractivity contribution in [1.82, 2.24) is 30.4 Å². The summed E-state index contributed by atoms with van der Waals surface area (Å²) in [6.07, 6.45) is 8.81. The molecule has 3 heterocycles. The molecule has 2 fully saturated rings. The molecule has 0 bridgehead atoms. The third kappa shape index (κ3) is 7.78. The van der Waals surface area contributed by atoms with Crippen molar-refractivity contribution in [3.8, 4) is 0 Å². The van der Waals surface area contributed by atoms with E-state index in [1.807, 2.05) is 18.5 Å². The summed E-state index contributed by atoms with van der Waals surface area (Å²) in [7, 11) is 0. The summed E-state index contributed by atoms with van der Waals surface area (Å²) in [5, 5.41) is 6.86. The van der Waals surface area contributed by atoms with Crippen LogP contribution in [-0.2, 0) is 0 Å². The third-order valence-corrected chi connectivity index (χ3v) is 5.62. The Hall–Kier alpha value is -1.93. The normalized spacial score (nSPS) is 19.3. The Kier molecular flexibility index (Phi) is 9.45. The Labute approximate surface area is 175 Å². The molecular weight excluding hydrogens is 364 g/mol. The average Bonchev–Trinajstić information content (AvgIpc) is 2.78. The summed E-state index contributed by atoms with van der Waals surface area (Å²) in [5.74, 6) is 1.80. The molecule has 162 valence electrons. The van der Waals surface area contributed by atoms with Gasteiger partial charge in [-0.15, -0.1) is 0 Å². The second kappa shape index (κ2) is 12.6. The lowest BCUT2D eigenvalue weighted by molar-refractivity contribution is 0.232. The van der Waals surface area contributed by atoms with E-state index < -0.39 is 0 Å². The maximum absolute atomic E-state index is 4.76. The number of nitrogens with zero attached hydrogens (tertiary/aromatic N) is 6.